The van der Waals surface area contributed by atoms with E-state index in [4.69, 9.17) is 4.74 Å². The monoisotopic (exact) mass is 239 g/mol. The molecule has 4 heteroatoms. The van der Waals surface area contributed by atoms with E-state index < -0.39 is 11.7 Å². The van der Waals surface area contributed by atoms with Crippen molar-refractivity contribution in [3.63, 3.8) is 0 Å². The fourth-order valence-electron chi connectivity index (χ4n) is 2.34. The maximum atomic E-state index is 11.9. The van der Waals surface area contributed by atoms with Crippen molar-refractivity contribution >= 4 is 12.0 Å². The molecule has 0 spiro atoms. The molecule has 1 saturated heterocycles. The molecule has 2 amide bonds. The summed E-state index contributed by atoms with van der Waals surface area (Å²) in [6.07, 6.45) is 3.48. The van der Waals surface area contributed by atoms with Gasteiger partial charge in [-0.1, -0.05) is 0 Å². The summed E-state index contributed by atoms with van der Waals surface area (Å²) in [6.45, 7) is 5.96. The van der Waals surface area contributed by atoms with Crippen LogP contribution in [0.1, 0.15) is 46.5 Å². The molecule has 2 fully saturated rings. The van der Waals surface area contributed by atoms with Crippen LogP contribution in [0.2, 0.25) is 0 Å². The lowest BCUT2D eigenvalue weighted by Gasteiger charge is -2.31. The zero-order valence-electron chi connectivity index (χ0n) is 10.9. The topological polar surface area (TPSA) is 46.6 Å². The smallest absolute Gasteiger partial charge is 0.417 e. The van der Waals surface area contributed by atoms with Crippen LogP contribution < -0.4 is 0 Å². The van der Waals surface area contributed by atoms with E-state index in [2.05, 4.69) is 0 Å². The van der Waals surface area contributed by atoms with Crippen LogP contribution in [-0.2, 0) is 9.53 Å². The van der Waals surface area contributed by atoms with Gasteiger partial charge in [0.1, 0.15) is 5.60 Å². The van der Waals surface area contributed by atoms with Gasteiger partial charge in [-0.2, -0.15) is 0 Å². The van der Waals surface area contributed by atoms with Gasteiger partial charge < -0.3 is 4.74 Å². The van der Waals surface area contributed by atoms with E-state index in [1.807, 2.05) is 20.8 Å². The second-order valence-electron chi connectivity index (χ2n) is 6.12. The van der Waals surface area contributed by atoms with Crippen LogP contribution in [0, 0.1) is 11.8 Å². The second kappa shape index (κ2) is 4.31. The van der Waals surface area contributed by atoms with Crippen molar-refractivity contribution in [2.75, 3.05) is 6.54 Å². The Morgan fingerprint density at radius 2 is 1.88 bits per heavy atom. The van der Waals surface area contributed by atoms with Crippen LogP contribution >= 0.6 is 0 Å². The van der Waals surface area contributed by atoms with E-state index in [1.54, 1.807) is 0 Å². The standard InChI is InChI=1S/C13H21NO3/c1-13(2,3)17-12(16)14-7-6-10(8-11(14)15)9-4-5-9/h9-10H,4-8H2,1-3H3. The lowest BCUT2D eigenvalue weighted by Crippen LogP contribution is -2.45. The van der Waals surface area contributed by atoms with Crippen molar-refractivity contribution in [1.82, 2.24) is 4.90 Å². The fraction of sp³-hybridized carbons (Fsp3) is 0.846. The van der Waals surface area contributed by atoms with E-state index in [0.29, 0.717) is 18.9 Å². The van der Waals surface area contributed by atoms with Gasteiger partial charge in [0.2, 0.25) is 5.91 Å². The van der Waals surface area contributed by atoms with Crippen LogP contribution in [0.5, 0.6) is 0 Å². The molecule has 4 nitrogen and oxygen atoms in total. The molecule has 1 heterocycles. The highest BCUT2D eigenvalue weighted by Gasteiger charge is 2.39. The Balaban J connectivity index is 1.90. The number of piperidine rings is 1. The number of ether oxygens (including phenoxy) is 1. The Bertz CT molecular complexity index is 328. The Labute approximate surface area is 102 Å². The van der Waals surface area contributed by atoms with E-state index >= 15 is 0 Å². The van der Waals surface area contributed by atoms with Gasteiger partial charge in [0.15, 0.2) is 0 Å². The Kier molecular flexibility index (Phi) is 3.15. The summed E-state index contributed by atoms with van der Waals surface area (Å²) in [4.78, 5) is 25.0. The molecule has 2 aliphatic rings. The fourth-order valence-corrected chi connectivity index (χ4v) is 2.34. The Morgan fingerprint density at radius 3 is 2.35 bits per heavy atom. The summed E-state index contributed by atoms with van der Waals surface area (Å²) in [5.74, 6) is 1.17. The van der Waals surface area contributed by atoms with Gasteiger partial charge >= 0.3 is 6.09 Å². The highest BCUT2D eigenvalue weighted by molar-refractivity contribution is 5.92. The number of likely N-dealkylation sites (tertiary alicyclic amines) is 1. The molecular weight excluding hydrogens is 218 g/mol. The molecule has 1 aliphatic heterocycles. The first kappa shape index (κ1) is 12.4. The van der Waals surface area contributed by atoms with Crippen LogP contribution in [0.25, 0.3) is 0 Å². The van der Waals surface area contributed by atoms with Gasteiger partial charge in [-0.15, -0.1) is 0 Å². The zero-order chi connectivity index (χ0) is 12.6. The van der Waals surface area contributed by atoms with Crippen LogP contribution in [0.15, 0.2) is 0 Å². The summed E-state index contributed by atoms with van der Waals surface area (Å²) >= 11 is 0. The van der Waals surface area contributed by atoms with Crippen LogP contribution in [0.4, 0.5) is 4.79 Å². The molecule has 1 atom stereocenters. The molecule has 0 aromatic rings. The number of carbonyl (C=O) groups excluding carboxylic acids is 2. The minimum atomic E-state index is -0.537. The quantitative estimate of drug-likeness (QED) is 0.706. The number of hydrogen-bond donors (Lipinski definition) is 0. The zero-order valence-corrected chi connectivity index (χ0v) is 10.9. The van der Waals surface area contributed by atoms with Crippen molar-refractivity contribution in [2.45, 2.75) is 52.1 Å². The lowest BCUT2D eigenvalue weighted by molar-refractivity contribution is -0.134. The predicted octanol–water partition coefficient (Wildman–Crippen LogP) is 2.57. The van der Waals surface area contributed by atoms with Gasteiger partial charge in [-0.25, -0.2) is 9.69 Å². The van der Waals surface area contributed by atoms with Crippen molar-refractivity contribution in [2.24, 2.45) is 11.8 Å². The molecule has 17 heavy (non-hydrogen) atoms. The first-order chi connectivity index (χ1) is 7.87. The highest BCUT2D eigenvalue weighted by Crippen LogP contribution is 2.42. The summed E-state index contributed by atoms with van der Waals surface area (Å²) in [7, 11) is 0. The molecular formula is C13H21NO3. The van der Waals surface area contributed by atoms with Crippen molar-refractivity contribution in [3.8, 4) is 0 Å². The van der Waals surface area contributed by atoms with Gasteiger partial charge in [0, 0.05) is 13.0 Å². The van der Waals surface area contributed by atoms with Gasteiger partial charge in [-0.3, -0.25) is 4.79 Å². The first-order valence-corrected chi connectivity index (χ1v) is 6.40. The van der Waals surface area contributed by atoms with E-state index in [-0.39, 0.29) is 5.91 Å². The third kappa shape index (κ3) is 3.20. The SMILES string of the molecule is CC(C)(C)OC(=O)N1CCC(C2CC2)CC1=O. The lowest BCUT2D eigenvalue weighted by atomic mass is 9.92. The minimum Gasteiger partial charge on any atom is -0.443 e. The van der Waals surface area contributed by atoms with Gasteiger partial charge in [0.25, 0.3) is 0 Å². The van der Waals surface area contributed by atoms with E-state index in [0.717, 1.165) is 12.3 Å². The number of rotatable bonds is 1. The van der Waals surface area contributed by atoms with Crippen molar-refractivity contribution in [1.29, 1.82) is 0 Å². The highest BCUT2D eigenvalue weighted by atomic mass is 16.6. The first-order valence-electron chi connectivity index (χ1n) is 6.40. The number of hydrogen-bond acceptors (Lipinski definition) is 3. The summed E-state index contributed by atoms with van der Waals surface area (Å²) in [5.41, 5.74) is -0.537. The maximum Gasteiger partial charge on any atom is 0.417 e. The summed E-state index contributed by atoms with van der Waals surface area (Å²) < 4.78 is 5.23. The summed E-state index contributed by atoms with van der Waals surface area (Å²) in [6, 6.07) is 0. The van der Waals surface area contributed by atoms with Gasteiger partial charge in [0.05, 0.1) is 0 Å². The Hall–Kier alpha value is -1.06. The molecule has 0 aromatic heterocycles. The van der Waals surface area contributed by atoms with Crippen LogP contribution in [-0.4, -0.2) is 29.0 Å². The van der Waals surface area contributed by atoms with E-state index in [1.165, 1.54) is 17.7 Å². The maximum absolute atomic E-state index is 11.9. The molecule has 1 aliphatic carbocycles. The second-order valence-corrected chi connectivity index (χ2v) is 6.12. The molecule has 0 aromatic carbocycles. The number of amides is 2. The van der Waals surface area contributed by atoms with Crippen LogP contribution in [0.3, 0.4) is 0 Å². The molecule has 1 unspecified atom stereocenters. The normalized spacial score (nSPS) is 25.9. The molecule has 2 rings (SSSR count). The number of imide groups is 1. The Morgan fingerprint density at radius 1 is 1.24 bits per heavy atom. The molecule has 1 saturated carbocycles. The molecule has 0 bridgehead atoms. The molecule has 96 valence electrons. The van der Waals surface area contributed by atoms with Gasteiger partial charge in [-0.05, 0) is 51.9 Å². The van der Waals surface area contributed by atoms with Crippen molar-refractivity contribution < 1.29 is 14.3 Å². The predicted molar refractivity (Wildman–Crippen MR) is 63.4 cm³/mol. The molecule has 0 radical (unpaired) electrons. The van der Waals surface area contributed by atoms with E-state index in [9.17, 15) is 9.59 Å². The largest absolute Gasteiger partial charge is 0.443 e. The molecule has 0 N–H and O–H groups in total. The third-order valence-electron chi connectivity index (χ3n) is 3.36. The number of nitrogens with zero attached hydrogens (tertiary/aromatic N) is 1. The third-order valence-corrected chi connectivity index (χ3v) is 3.36. The summed E-state index contributed by atoms with van der Waals surface area (Å²) in [5, 5.41) is 0. The number of carbonyl (C=O) groups is 2. The average molecular weight is 239 g/mol. The minimum absolute atomic E-state index is 0.0672. The van der Waals surface area contributed by atoms with Crippen molar-refractivity contribution in [3.05, 3.63) is 0 Å². The average Bonchev–Trinajstić information content (AvgIpc) is 2.97.